The second kappa shape index (κ2) is 9.98. The lowest BCUT2D eigenvalue weighted by atomic mass is 10.2. The van der Waals surface area contributed by atoms with Gasteiger partial charge >= 0.3 is 0 Å². The zero-order valence-corrected chi connectivity index (χ0v) is 18.4. The number of amides is 1. The van der Waals surface area contributed by atoms with Gasteiger partial charge in [0.25, 0.3) is 5.56 Å². The first-order valence-electron chi connectivity index (χ1n) is 10.5. The van der Waals surface area contributed by atoms with Gasteiger partial charge in [-0.25, -0.2) is 4.98 Å². The van der Waals surface area contributed by atoms with Crippen molar-refractivity contribution in [2.24, 2.45) is 0 Å². The Hall–Kier alpha value is -2.84. The van der Waals surface area contributed by atoms with E-state index in [-0.39, 0.29) is 17.2 Å². The highest BCUT2D eigenvalue weighted by Crippen LogP contribution is 2.21. The van der Waals surface area contributed by atoms with Crippen LogP contribution >= 0.6 is 11.8 Å². The fourth-order valence-electron chi connectivity index (χ4n) is 3.58. The van der Waals surface area contributed by atoms with E-state index in [0.29, 0.717) is 22.6 Å². The number of anilines is 2. The van der Waals surface area contributed by atoms with Crippen molar-refractivity contribution in [1.29, 1.82) is 0 Å². The summed E-state index contributed by atoms with van der Waals surface area (Å²) in [4.78, 5) is 32.2. The smallest absolute Gasteiger partial charge is 0.262 e. The monoisotopic (exact) mass is 438 g/mol. The topological polar surface area (TPSA) is 76.5 Å². The molecule has 162 valence electrons. The standard InChI is InChI=1S/C23H26N4O3S/c1-2-11-27-22(29)19-5-3-4-6-20(19)25-23(27)31-16-21(28)24-17-7-9-18(10-8-17)26-12-14-30-15-13-26/h3-10H,2,11-16H2,1H3,(H,24,28). The summed E-state index contributed by atoms with van der Waals surface area (Å²) in [6.45, 7) is 5.82. The summed E-state index contributed by atoms with van der Waals surface area (Å²) in [7, 11) is 0. The van der Waals surface area contributed by atoms with Crippen LogP contribution in [0, 0.1) is 0 Å². The van der Waals surface area contributed by atoms with Gasteiger partial charge in [0.1, 0.15) is 0 Å². The first kappa shape index (κ1) is 21.4. The Kier molecular flexibility index (Phi) is 6.89. The zero-order chi connectivity index (χ0) is 21.6. The van der Waals surface area contributed by atoms with Crippen molar-refractivity contribution < 1.29 is 9.53 Å². The number of hydrogen-bond acceptors (Lipinski definition) is 6. The average Bonchev–Trinajstić information content (AvgIpc) is 2.81. The highest BCUT2D eigenvalue weighted by molar-refractivity contribution is 7.99. The molecule has 0 unspecified atom stereocenters. The second-order valence-electron chi connectivity index (χ2n) is 7.35. The highest BCUT2D eigenvalue weighted by Gasteiger charge is 2.14. The van der Waals surface area contributed by atoms with Crippen molar-refractivity contribution in [3.05, 3.63) is 58.9 Å². The lowest BCUT2D eigenvalue weighted by Crippen LogP contribution is -2.36. The van der Waals surface area contributed by atoms with Crippen molar-refractivity contribution in [3.8, 4) is 0 Å². The summed E-state index contributed by atoms with van der Waals surface area (Å²) < 4.78 is 7.05. The molecule has 0 saturated carbocycles. The van der Waals surface area contributed by atoms with Crippen LogP contribution < -0.4 is 15.8 Å². The van der Waals surface area contributed by atoms with Crippen molar-refractivity contribution in [2.75, 3.05) is 42.3 Å². The molecular formula is C23H26N4O3S. The lowest BCUT2D eigenvalue weighted by Gasteiger charge is -2.28. The van der Waals surface area contributed by atoms with Crippen LogP contribution in [-0.4, -0.2) is 47.5 Å². The van der Waals surface area contributed by atoms with E-state index in [1.54, 1.807) is 10.6 Å². The van der Waals surface area contributed by atoms with Crippen LogP contribution in [-0.2, 0) is 16.1 Å². The molecule has 0 bridgehead atoms. The molecule has 0 aliphatic carbocycles. The summed E-state index contributed by atoms with van der Waals surface area (Å²) in [5, 5.41) is 4.10. The third-order valence-electron chi connectivity index (χ3n) is 5.13. The summed E-state index contributed by atoms with van der Waals surface area (Å²) in [5.74, 6) is 0.0502. The second-order valence-corrected chi connectivity index (χ2v) is 8.29. The van der Waals surface area contributed by atoms with Gasteiger partial charge < -0.3 is 15.0 Å². The van der Waals surface area contributed by atoms with E-state index in [1.807, 2.05) is 49.4 Å². The Morgan fingerprint density at radius 3 is 2.61 bits per heavy atom. The molecule has 1 N–H and O–H groups in total. The molecule has 1 aromatic heterocycles. The number of ether oxygens (including phenoxy) is 1. The lowest BCUT2D eigenvalue weighted by molar-refractivity contribution is -0.113. The normalized spacial score (nSPS) is 14.0. The quantitative estimate of drug-likeness (QED) is 0.450. The van der Waals surface area contributed by atoms with Gasteiger partial charge in [-0.3, -0.25) is 14.2 Å². The molecule has 7 nitrogen and oxygen atoms in total. The predicted octanol–water partition coefficient (Wildman–Crippen LogP) is 3.37. The van der Waals surface area contributed by atoms with Crippen LogP contribution in [0.2, 0.25) is 0 Å². The van der Waals surface area contributed by atoms with E-state index in [2.05, 4.69) is 15.2 Å². The minimum atomic E-state index is -0.130. The van der Waals surface area contributed by atoms with Gasteiger partial charge in [-0.15, -0.1) is 0 Å². The molecule has 1 amide bonds. The van der Waals surface area contributed by atoms with E-state index in [1.165, 1.54) is 11.8 Å². The van der Waals surface area contributed by atoms with Gasteiger partial charge in [0.05, 0.1) is 29.9 Å². The number of aromatic nitrogens is 2. The Morgan fingerprint density at radius 1 is 1.13 bits per heavy atom. The number of nitrogens with one attached hydrogen (secondary N) is 1. The Balaban J connectivity index is 1.42. The van der Waals surface area contributed by atoms with Gasteiger partial charge in [0, 0.05) is 31.0 Å². The van der Waals surface area contributed by atoms with Gasteiger partial charge in [0.2, 0.25) is 5.91 Å². The minimum Gasteiger partial charge on any atom is -0.378 e. The molecule has 8 heteroatoms. The fourth-order valence-corrected chi connectivity index (χ4v) is 4.41. The summed E-state index contributed by atoms with van der Waals surface area (Å²) >= 11 is 1.29. The van der Waals surface area contributed by atoms with Gasteiger partial charge in [0.15, 0.2) is 5.16 Å². The minimum absolute atomic E-state index is 0.0611. The average molecular weight is 439 g/mol. The van der Waals surface area contributed by atoms with Crippen LogP contribution in [0.3, 0.4) is 0 Å². The van der Waals surface area contributed by atoms with Crippen molar-refractivity contribution in [1.82, 2.24) is 9.55 Å². The van der Waals surface area contributed by atoms with Crippen LogP contribution in [0.4, 0.5) is 11.4 Å². The molecule has 1 fully saturated rings. The highest BCUT2D eigenvalue weighted by atomic mass is 32.2. The van der Waals surface area contributed by atoms with Gasteiger partial charge in [-0.05, 0) is 42.8 Å². The molecule has 4 rings (SSSR count). The van der Waals surface area contributed by atoms with Crippen LogP contribution in [0.5, 0.6) is 0 Å². The van der Waals surface area contributed by atoms with Gasteiger partial charge in [-0.2, -0.15) is 0 Å². The molecule has 2 heterocycles. The number of rotatable bonds is 7. The zero-order valence-electron chi connectivity index (χ0n) is 17.5. The molecule has 1 aliphatic rings. The molecule has 2 aromatic carbocycles. The number of thioether (sulfide) groups is 1. The van der Waals surface area contributed by atoms with Gasteiger partial charge in [-0.1, -0.05) is 30.8 Å². The molecule has 0 spiro atoms. The maximum absolute atomic E-state index is 12.8. The van der Waals surface area contributed by atoms with Crippen molar-refractivity contribution in [2.45, 2.75) is 25.0 Å². The predicted molar refractivity (Wildman–Crippen MR) is 125 cm³/mol. The summed E-state index contributed by atoms with van der Waals surface area (Å²) in [5.41, 5.74) is 2.47. The Bertz CT molecular complexity index is 1110. The molecule has 0 radical (unpaired) electrons. The third kappa shape index (κ3) is 5.08. The van der Waals surface area contributed by atoms with E-state index < -0.39 is 0 Å². The van der Waals surface area contributed by atoms with Crippen molar-refractivity contribution in [3.63, 3.8) is 0 Å². The largest absolute Gasteiger partial charge is 0.378 e. The molecular weight excluding hydrogens is 412 g/mol. The molecule has 0 atom stereocenters. The number of morpholine rings is 1. The van der Waals surface area contributed by atoms with Crippen LogP contribution in [0.1, 0.15) is 13.3 Å². The number of carbonyl (C=O) groups excluding carboxylic acids is 1. The van der Waals surface area contributed by atoms with E-state index in [4.69, 9.17) is 4.74 Å². The molecule has 1 aliphatic heterocycles. The van der Waals surface area contributed by atoms with Crippen LogP contribution in [0.25, 0.3) is 10.9 Å². The van der Waals surface area contributed by atoms with Crippen molar-refractivity contribution >= 4 is 39.9 Å². The Labute approximate surface area is 185 Å². The first-order valence-corrected chi connectivity index (χ1v) is 11.5. The Morgan fingerprint density at radius 2 is 1.87 bits per heavy atom. The number of hydrogen-bond donors (Lipinski definition) is 1. The van der Waals surface area contributed by atoms with E-state index in [0.717, 1.165) is 44.1 Å². The number of carbonyl (C=O) groups is 1. The molecule has 3 aromatic rings. The summed E-state index contributed by atoms with van der Waals surface area (Å²) in [6, 6.07) is 15.2. The number of benzene rings is 2. The number of fused-ring (bicyclic) bond motifs is 1. The van der Waals surface area contributed by atoms with E-state index in [9.17, 15) is 9.59 Å². The van der Waals surface area contributed by atoms with Crippen LogP contribution in [0.15, 0.2) is 58.5 Å². The molecule has 1 saturated heterocycles. The maximum atomic E-state index is 12.8. The third-order valence-corrected chi connectivity index (χ3v) is 6.11. The SMILES string of the molecule is CCCn1c(SCC(=O)Nc2ccc(N3CCOCC3)cc2)nc2ccccc2c1=O. The maximum Gasteiger partial charge on any atom is 0.262 e. The fraction of sp³-hybridized carbons (Fsp3) is 0.348. The first-order chi connectivity index (χ1) is 15.2. The summed E-state index contributed by atoms with van der Waals surface area (Å²) in [6.07, 6.45) is 0.815. The number of nitrogens with zero attached hydrogens (tertiary/aromatic N) is 3. The van der Waals surface area contributed by atoms with E-state index >= 15 is 0 Å². The number of para-hydroxylation sites is 1. The molecule has 31 heavy (non-hydrogen) atoms.